The van der Waals surface area contributed by atoms with Gasteiger partial charge < -0.3 is 11.1 Å². The highest BCUT2D eigenvalue weighted by molar-refractivity contribution is 5.76. The number of alkyl halides is 3. The second-order valence-corrected chi connectivity index (χ2v) is 6.32. The molecule has 23 heavy (non-hydrogen) atoms. The van der Waals surface area contributed by atoms with Crippen molar-refractivity contribution < 1.29 is 18.0 Å². The Morgan fingerprint density at radius 1 is 1.35 bits per heavy atom. The van der Waals surface area contributed by atoms with Crippen LogP contribution in [0.3, 0.4) is 0 Å². The number of rotatable bonds is 4. The van der Waals surface area contributed by atoms with E-state index < -0.39 is 17.8 Å². The fourth-order valence-electron chi connectivity index (χ4n) is 3.10. The summed E-state index contributed by atoms with van der Waals surface area (Å²) < 4.78 is 38.2. The molecule has 3 atom stereocenters. The monoisotopic (exact) mass is 328 g/mol. The molecule has 3 unspecified atom stereocenters. The first kappa shape index (κ1) is 17.8. The van der Waals surface area contributed by atoms with E-state index in [0.717, 1.165) is 37.8 Å². The van der Waals surface area contributed by atoms with Crippen LogP contribution in [0.2, 0.25) is 0 Å². The lowest BCUT2D eigenvalue weighted by molar-refractivity contribution is -0.137. The van der Waals surface area contributed by atoms with Gasteiger partial charge in [0.1, 0.15) is 0 Å². The first-order chi connectivity index (χ1) is 10.8. The van der Waals surface area contributed by atoms with Crippen LogP contribution in [0.15, 0.2) is 24.3 Å². The van der Waals surface area contributed by atoms with Crippen molar-refractivity contribution in [1.29, 1.82) is 0 Å². The van der Waals surface area contributed by atoms with Crippen molar-refractivity contribution in [3.05, 3.63) is 35.4 Å². The summed E-state index contributed by atoms with van der Waals surface area (Å²) in [6, 6.07) is 4.63. The Morgan fingerprint density at radius 2 is 2.04 bits per heavy atom. The molecule has 128 valence electrons. The van der Waals surface area contributed by atoms with Gasteiger partial charge in [0, 0.05) is 12.5 Å². The number of amides is 1. The van der Waals surface area contributed by atoms with Gasteiger partial charge in [0.2, 0.25) is 5.91 Å². The molecule has 1 aliphatic carbocycles. The van der Waals surface area contributed by atoms with Crippen LogP contribution < -0.4 is 11.1 Å². The molecule has 1 saturated carbocycles. The molecule has 2 rings (SSSR count). The van der Waals surface area contributed by atoms with Crippen LogP contribution in [0.5, 0.6) is 0 Å². The summed E-state index contributed by atoms with van der Waals surface area (Å²) in [4.78, 5) is 12.1. The van der Waals surface area contributed by atoms with E-state index in [1.54, 1.807) is 13.0 Å². The normalized spacial score (nSPS) is 23.3. The molecule has 0 radical (unpaired) electrons. The Morgan fingerprint density at radius 3 is 2.70 bits per heavy atom. The summed E-state index contributed by atoms with van der Waals surface area (Å²) in [6.45, 7) is 1.69. The third kappa shape index (κ3) is 4.96. The number of nitrogens with one attached hydrogen (secondary N) is 1. The molecular weight excluding hydrogens is 305 g/mol. The standard InChI is InChI=1S/C17H23F3N2O/c1-11(12-6-4-7-14(9-12)17(18,19)20)22-16(23)10-13-5-2-3-8-15(13)21/h4,6-7,9,11,13,15H,2-3,5,8,10,21H2,1H3,(H,22,23). The molecule has 1 aromatic rings. The maximum atomic E-state index is 12.7. The van der Waals surface area contributed by atoms with Gasteiger partial charge in [-0.05, 0) is 43.4 Å². The fourth-order valence-corrected chi connectivity index (χ4v) is 3.10. The van der Waals surface area contributed by atoms with Crippen molar-refractivity contribution in [2.75, 3.05) is 0 Å². The second kappa shape index (κ2) is 7.34. The minimum Gasteiger partial charge on any atom is -0.350 e. The zero-order chi connectivity index (χ0) is 17.0. The van der Waals surface area contributed by atoms with E-state index in [1.807, 2.05) is 0 Å². The third-order valence-electron chi connectivity index (χ3n) is 4.51. The molecule has 1 amide bonds. The smallest absolute Gasteiger partial charge is 0.350 e. The van der Waals surface area contributed by atoms with Crippen molar-refractivity contribution in [1.82, 2.24) is 5.32 Å². The molecule has 6 heteroatoms. The summed E-state index contributed by atoms with van der Waals surface area (Å²) >= 11 is 0. The van der Waals surface area contributed by atoms with E-state index in [9.17, 15) is 18.0 Å². The lowest BCUT2D eigenvalue weighted by Gasteiger charge is -2.28. The molecule has 0 aliphatic heterocycles. The number of hydrogen-bond donors (Lipinski definition) is 2. The molecule has 1 aliphatic rings. The summed E-state index contributed by atoms with van der Waals surface area (Å²) in [5.74, 6) is 0.00900. The van der Waals surface area contributed by atoms with Gasteiger partial charge in [0.25, 0.3) is 0 Å². The van der Waals surface area contributed by atoms with Gasteiger partial charge in [-0.15, -0.1) is 0 Å². The molecule has 3 nitrogen and oxygen atoms in total. The quantitative estimate of drug-likeness (QED) is 0.883. The Bertz CT molecular complexity index is 545. The van der Waals surface area contributed by atoms with Crippen LogP contribution in [0.25, 0.3) is 0 Å². The fraction of sp³-hybridized carbons (Fsp3) is 0.588. The number of carbonyl (C=O) groups is 1. The Kier molecular flexibility index (Phi) is 5.68. The third-order valence-corrected chi connectivity index (χ3v) is 4.51. The van der Waals surface area contributed by atoms with E-state index in [0.29, 0.717) is 12.0 Å². The maximum absolute atomic E-state index is 12.7. The highest BCUT2D eigenvalue weighted by Gasteiger charge is 2.31. The molecule has 0 saturated heterocycles. The molecule has 0 aromatic heterocycles. The number of carbonyl (C=O) groups excluding carboxylic acids is 1. The summed E-state index contributed by atoms with van der Waals surface area (Å²) in [5, 5.41) is 2.78. The average molecular weight is 328 g/mol. The van der Waals surface area contributed by atoms with E-state index in [-0.39, 0.29) is 17.9 Å². The van der Waals surface area contributed by atoms with E-state index >= 15 is 0 Å². The van der Waals surface area contributed by atoms with Crippen LogP contribution in [-0.4, -0.2) is 11.9 Å². The molecule has 1 fully saturated rings. The first-order valence-corrected chi connectivity index (χ1v) is 7.99. The summed E-state index contributed by atoms with van der Waals surface area (Å²) in [5.41, 5.74) is 5.77. The van der Waals surface area contributed by atoms with Gasteiger partial charge in [-0.25, -0.2) is 0 Å². The number of benzene rings is 1. The molecule has 3 N–H and O–H groups in total. The predicted octanol–water partition coefficient (Wildman–Crippen LogP) is 3.79. The Labute approximate surface area is 134 Å². The lowest BCUT2D eigenvalue weighted by Crippen LogP contribution is -2.37. The molecule has 0 spiro atoms. The van der Waals surface area contributed by atoms with Crippen LogP contribution in [0.1, 0.15) is 56.2 Å². The van der Waals surface area contributed by atoms with Crippen LogP contribution in [0, 0.1) is 5.92 Å². The van der Waals surface area contributed by atoms with Crippen LogP contribution in [-0.2, 0) is 11.0 Å². The number of hydrogen-bond acceptors (Lipinski definition) is 2. The van der Waals surface area contributed by atoms with Crippen molar-refractivity contribution in [2.24, 2.45) is 11.7 Å². The molecule has 0 heterocycles. The maximum Gasteiger partial charge on any atom is 0.416 e. The minimum atomic E-state index is -4.38. The van der Waals surface area contributed by atoms with E-state index in [4.69, 9.17) is 5.73 Å². The largest absolute Gasteiger partial charge is 0.416 e. The number of halogens is 3. The topological polar surface area (TPSA) is 55.1 Å². The zero-order valence-electron chi connectivity index (χ0n) is 13.2. The van der Waals surface area contributed by atoms with Gasteiger partial charge in [0.15, 0.2) is 0 Å². The van der Waals surface area contributed by atoms with Gasteiger partial charge in [-0.2, -0.15) is 13.2 Å². The van der Waals surface area contributed by atoms with Crippen molar-refractivity contribution in [3.63, 3.8) is 0 Å². The number of nitrogens with two attached hydrogens (primary N) is 1. The zero-order valence-corrected chi connectivity index (χ0v) is 13.2. The van der Waals surface area contributed by atoms with Gasteiger partial charge in [0.05, 0.1) is 11.6 Å². The van der Waals surface area contributed by atoms with Crippen molar-refractivity contribution >= 4 is 5.91 Å². The highest BCUT2D eigenvalue weighted by atomic mass is 19.4. The van der Waals surface area contributed by atoms with E-state index in [1.165, 1.54) is 6.07 Å². The summed E-state index contributed by atoms with van der Waals surface area (Å²) in [7, 11) is 0. The first-order valence-electron chi connectivity index (χ1n) is 7.99. The highest BCUT2D eigenvalue weighted by Crippen LogP contribution is 2.31. The predicted molar refractivity (Wildman–Crippen MR) is 82.6 cm³/mol. The SMILES string of the molecule is CC(NC(=O)CC1CCCCC1N)c1cccc(C(F)(F)F)c1. The Balaban J connectivity index is 1.95. The minimum absolute atomic E-state index is 0.0402. The molecule has 0 bridgehead atoms. The van der Waals surface area contributed by atoms with Crippen LogP contribution >= 0.6 is 0 Å². The average Bonchev–Trinajstić information content (AvgIpc) is 2.49. The van der Waals surface area contributed by atoms with Crippen molar-refractivity contribution in [2.45, 2.75) is 57.3 Å². The molecular formula is C17H23F3N2O. The second-order valence-electron chi connectivity index (χ2n) is 6.32. The molecule has 1 aromatic carbocycles. The summed E-state index contributed by atoms with van der Waals surface area (Å²) in [6.07, 6.45) is 0.00147. The van der Waals surface area contributed by atoms with Crippen molar-refractivity contribution in [3.8, 4) is 0 Å². The Hall–Kier alpha value is -1.56. The van der Waals surface area contributed by atoms with Crippen LogP contribution in [0.4, 0.5) is 13.2 Å². The lowest BCUT2D eigenvalue weighted by atomic mass is 9.83. The van der Waals surface area contributed by atoms with Gasteiger partial charge >= 0.3 is 6.18 Å². The van der Waals surface area contributed by atoms with Gasteiger partial charge in [-0.3, -0.25) is 4.79 Å². The van der Waals surface area contributed by atoms with E-state index in [2.05, 4.69) is 5.32 Å². The van der Waals surface area contributed by atoms with Gasteiger partial charge in [-0.1, -0.05) is 25.0 Å².